The van der Waals surface area contributed by atoms with Crippen LogP contribution >= 0.6 is 0 Å². The van der Waals surface area contributed by atoms with Gasteiger partial charge in [-0.3, -0.25) is 0 Å². The first-order valence-electron chi connectivity index (χ1n) is 6.09. The van der Waals surface area contributed by atoms with Gasteiger partial charge in [0.05, 0.1) is 6.33 Å². The molecule has 2 rings (SSSR count). The molecule has 1 aromatic heterocycles. The molecule has 1 aliphatic rings. The molecule has 0 fully saturated rings. The number of ether oxygens (including phenoxy) is 1. The second-order valence-corrected chi connectivity index (χ2v) is 4.47. The average Bonchev–Trinajstić information content (AvgIpc) is 2.77. The summed E-state index contributed by atoms with van der Waals surface area (Å²) in [5.41, 5.74) is 6.02. The Morgan fingerprint density at radius 3 is 3.11 bits per heavy atom. The molecule has 19 heavy (non-hydrogen) atoms. The Balaban J connectivity index is 2.10. The molecule has 0 amide bonds. The van der Waals surface area contributed by atoms with Crippen LogP contribution in [0.2, 0.25) is 0 Å². The number of imidazole rings is 1. The Kier molecular flexibility index (Phi) is 4.35. The highest BCUT2D eigenvalue weighted by atomic mass is 16.5. The third-order valence-electron chi connectivity index (χ3n) is 3.06. The van der Waals surface area contributed by atoms with E-state index in [1.54, 1.807) is 13.4 Å². The molecule has 2 atom stereocenters. The van der Waals surface area contributed by atoms with Crippen LogP contribution in [0, 0.1) is 5.92 Å². The number of aliphatic hydroxyl groups is 2. The summed E-state index contributed by atoms with van der Waals surface area (Å²) in [4.78, 5) is 7.89. The van der Waals surface area contributed by atoms with Crippen molar-refractivity contribution in [3.63, 3.8) is 0 Å². The summed E-state index contributed by atoms with van der Waals surface area (Å²) in [6.45, 7) is 1.21. The molecule has 0 bridgehead atoms. The van der Waals surface area contributed by atoms with E-state index in [-0.39, 0.29) is 18.5 Å². The molecule has 0 aromatic carbocycles. The predicted molar refractivity (Wildman–Crippen MR) is 69.5 cm³/mol. The smallest absolute Gasteiger partial charge is 0.197 e. The minimum absolute atomic E-state index is 0.0530. The number of nitrogens with one attached hydrogen (secondary N) is 1. The lowest BCUT2D eigenvalue weighted by Crippen LogP contribution is -2.30. The Morgan fingerprint density at radius 1 is 1.63 bits per heavy atom. The normalized spacial score (nSPS) is 19.5. The highest BCUT2D eigenvalue weighted by Crippen LogP contribution is 2.26. The molecular weight excluding hydrogens is 250 g/mol. The molecule has 5 N–H and O–H groups in total. The molecular formula is C11H19N5O3. The summed E-state index contributed by atoms with van der Waals surface area (Å²) in [7, 11) is 1.63. The Hall–Kier alpha value is -1.64. The monoisotopic (exact) mass is 269 g/mol. The van der Waals surface area contributed by atoms with Crippen LogP contribution in [0.15, 0.2) is 11.3 Å². The number of fused-ring (bicyclic) bond motifs is 1. The van der Waals surface area contributed by atoms with E-state index < -0.39 is 6.23 Å². The summed E-state index contributed by atoms with van der Waals surface area (Å²) >= 11 is 0. The molecule has 1 aliphatic heterocycles. The number of methoxy groups -OCH3 is 1. The van der Waals surface area contributed by atoms with Crippen molar-refractivity contribution >= 4 is 11.8 Å². The number of rotatable bonds is 6. The number of aliphatic imine (C=N–C) groups is 1. The molecule has 0 saturated heterocycles. The van der Waals surface area contributed by atoms with Crippen LogP contribution in [-0.2, 0) is 11.3 Å². The van der Waals surface area contributed by atoms with E-state index in [2.05, 4.69) is 15.3 Å². The van der Waals surface area contributed by atoms with Crippen LogP contribution in [0.4, 0.5) is 5.82 Å². The summed E-state index contributed by atoms with van der Waals surface area (Å²) in [6, 6.07) is 0. The van der Waals surface area contributed by atoms with Gasteiger partial charge in [-0.25, -0.2) is 9.98 Å². The first kappa shape index (κ1) is 13.8. The maximum Gasteiger partial charge on any atom is 0.197 e. The zero-order chi connectivity index (χ0) is 13.8. The van der Waals surface area contributed by atoms with Gasteiger partial charge in [0, 0.05) is 32.8 Å². The van der Waals surface area contributed by atoms with E-state index in [4.69, 9.17) is 10.5 Å². The fourth-order valence-corrected chi connectivity index (χ4v) is 2.01. The Bertz CT molecular complexity index is 459. The van der Waals surface area contributed by atoms with Crippen molar-refractivity contribution in [1.82, 2.24) is 9.55 Å². The van der Waals surface area contributed by atoms with Gasteiger partial charge in [0.1, 0.15) is 11.5 Å². The van der Waals surface area contributed by atoms with Crippen molar-refractivity contribution in [2.24, 2.45) is 16.6 Å². The molecule has 0 aliphatic carbocycles. The first-order valence-corrected chi connectivity index (χ1v) is 6.09. The van der Waals surface area contributed by atoms with Crippen molar-refractivity contribution in [2.75, 3.05) is 25.6 Å². The Morgan fingerprint density at radius 2 is 2.42 bits per heavy atom. The first-order chi connectivity index (χ1) is 9.15. The number of anilines is 1. The van der Waals surface area contributed by atoms with Crippen LogP contribution in [0.25, 0.3) is 0 Å². The highest BCUT2D eigenvalue weighted by molar-refractivity contribution is 5.93. The van der Waals surface area contributed by atoms with Crippen molar-refractivity contribution < 1.29 is 14.9 Å². The SMILES string of the molecule is COCCC(CO)Cn1cnc2c1NC(N)=NC2O. The van der Waals surface area contributed by atoms with Crippen molar-refractivity contribution in [3.8, 4) is 0 Å². The van der Waals surface area contributed by atoms with Gasteiger partial charge in [-0.05, 0) is 6.42 Å². The van der Waals surface area contributed by atoms with Crippen molar-refractivity contribution in [3.05, 3.63) is 12.0 Å². The minimum Gasteiger partial charge on any atom is -0.396 e. The number of aliphatic hydroxyl groups excluding tert-OH is 2. The predicted octanol–water partition coefficient (Wildman–Crippen LogP) is -0.741. The van der Waals surface area contributed by atoms with Crippen molar-refractivity contribution in [1.29, 1.82) is 0 Å². The van der Waals surface area contributed by atoms with E-state index in [0.29, 0.717) is 24.7 Å². The third kappa shape index (κ3) is 3.03. The van der Waals surface area contributed by atoms with Gasteiger partial charge >= 0.3 is 0 Å². The van der Waals surface area contributed by atoms with E-state index >= 15 is 0 Å². The molecule has 8 nitrogen and oxygen atoms in total. The number of nitrogens with zero attached hydrogens (tertiary/aromatic N) is 3. The number of aromatic nitrogens is 2. The minimum atomic E-state index is -1.04. The maximum absolute atomic E-state index is 9.73. The fourth-order valence-electron chi connectivity index (χ4n) is 2.01. The lowest BCUT2D eigenvalue weighted by molar-refractivity contribution is 0.139. The molecule has 2 unspecified atom stereocenters. The van der Waals surface area contributed by atoms with E-state index in [1.807, 2.05) is 4.57 Å². The van der Waals surface area contributed by atoms with E-state index in [0.717, 1.165) is 6.42 Å². The number of nitrogens with two attached hydrogens (primary N) is 1. The fraction of sp³-hybridized carbons (Fsp3) is 0.636. The lowest BCUT2D eigenvalue weighted by atomic mass is 10.1. The molecule has 0 spiro atoms. The maximum atomic E-state index is 9.73. The van der Waals surface area contributed by atoms with Crippen LogP contribution in [0.1, 0.15) is 18.3 Å². The summed E-state index contributed by atoms with van der Waals surface area (Å²) in [5, 5.41) is 22.0. The molecule has 0 saturated carbocycles. The summed E-state index contributed by atoms with van der Waals surface area (Å²) < 4.78 is 6.83. The van der Waals surface area contributed by atoms with E-state index in [1.165, 1.54) is 0 Å². The number of hydrogen-bond donors (Lipinski definition) is 4. The Labute approximate surface area is 110 Å². The topological polar surface area (TPSA) is 118 Å². The van der Waals surface area contributed by atoms with Gasteiger partial charge in [0.25, 0.3) is 0 Å². The zero-order valence-electron chi connectivity index (χ0n) is 10.8. The van der Waals surface area contributed by atoms with Crippen LogP contribution in [0.5, 0.6) is 0 Å². The van der Waals surface area contributed by atoms with Crippen LogP contribution < -0.4 is 11.1 Å². The average molecular weight is 269 g/mol. The second kappa shape index (κ2) is 6.00. The quantitative estimate of drug-likeness (QED) is 0.540. The summed E-state index contributed by atoms with van der Waals surface area (Å²) in [6.07, 6.45) is 1.31. The standard InChI is InChI=1S/C11H19N5O3/c1-19-3-2-7(5-17)4-16-6-13-8-9(16)14-11(12)15-10(8)18/h6-7,10,17-18H,2-5H2,1H3,(H3,12,14,15). The van der Waals surface area contributed by atoms with Crippen LogP contribution in [0.3, 0.4) is 0 Å². The number of hydrogen-bond acceptors (Lipinski definition) is 7. The second-order valence-electron chi connectivity index (χ2n) is 4.47. The van der Waals surface area contributed by atoms with Gasteiger partial charge in [0.2, 0.25) is 0 Å². The molecule has 8 heteroatoms. The summed E-state index contributed by atoms with van der Waals surface area (Å²) in [5.74, 6) is 0.826. The van der Waals surface area contributed by atoms with Gasteiger partial charge in [-0.15, -0.1) is 0 Å². The molecule has 1 aromatic rings. The highest BCUT2D eigenvalue weighted by Gasteiger charge is 2.24. The van der Waals surface area contributed by atoms with Crippen molar-refractivity contribution in [2.45, 2.75) is 19.2 Å². The van der Waals surface area contributed by atoms with E-state index in [9.17, 15) is 10.2 Å². The third-order valence-corrected chi connectivity index (χ3v) is 3.06. The zero-order valence-corrected chi connectivity index (χ0v) is 10.8. The van der Waals surface area contributed by atoms with Gasteiger partial charge in [-0.2, -0.15) is 0 Å². The molecule has 0 radical (unpaired) electrons. The molecule has 2 heterocycles. The largest absolute Gasteiger partial charge is 0.396 e. The molecule has 106 valence electrons. The number of guanidine groups is 1. The lowest BCUT2D eigenvalue weighted by Gasteiger charge is -2.20. The van der Waals surface area contributed by atoms with Gasteiger partial charge in [-0.1, -0.05) is 0 Å². The van der Waals surface area contributed by atoms with Gasteiger partial charge in [0.15, 0.2) is 12.2 Å². The van der Waals surface area contributed by atoms with Crippen LogP contribution in [-0.4, -0.2) is 46.0 Å². The van der Waals surface area contributed by atoms with Gasteiger partial charge < -0.3 is 30.6 Å².